The fourth-order valence-electron chi connectivity index (χ4n) is 10.8. The van der Waals surface area contributed by atoms with Gasteiger partial charge in [-0.05, 0) is 84.4 Å². The second-order valence-electron chi connectivity index (χ2n) is 15.7. The summed E-state index contributed by atoms with van der Waals surface area (Å²) in [6.07, 6.45) is 9.56. The molecule has 0 spiro atoms. The van der Waals surface area contributed by atoms with Crippen LogP contribution in [-0.2, 0) is 19.6 Å². The molecule has 0 unspecified atom stereocenters. The number of allylic oxidation sites excluding steroid dienone is 2. The minimum Gasteiger partial charge on any atom is -0.307 e. The Bertz CT molecular complexity index is 1270. The van der Waals surface area contributed by atoms with E-state index in [0.717, 1.165) is 44.9 Å². The van der Waals surface area contributed by atoms with Crippen molar-refractivity contribution in [1.29, 1.82) is 0 Å². The maximum Gasteiger partial charge on any atom is 0.226 e. The van der Waals surface area contributed by atoms with E-state index >= 15 is 0 Å². The smallest absolute Gasteiger partial charge is 0.226 e. The molecule has 4 saturated carbocycles. The van der Waals surface area contributed by atoms with Gasteiger partial charge in [0.05, 0.1) is 12.8 Å². The summed E-state index contributed by atoms with van der Waals surface area (Å²) in [7, 11) is -3.44. The minimum absolute atomic E-state index is 0.0331. The van der Waals surface area contributed by atoms with Gasteiger partial charge in [0, 0.05) is 23.3 Å². The molecule has 38 heavy (non-hydrogen) atoms. The van der Waals surface area contributed by atoms with Crippen LogP contribution in [0.3, 0.4) is 0 Å². The number of hydrogen-bond acceptors (Lipinski definition) is 4. The normalized spacial score (nSPS) is 47.5. The summed E-state index contributed by atoms with van der Waals surface area (Å²) < 4.78 is 28.3. The summed E-state index contributed by atoms with van der Waals surface area (Å²) in [5, 5.41) is 0. The van der Waals surface area contributed by atoms with Gasteiger partial charge in [-0.1, -0.05) is 54.5 Å². The number of sulfonamides is 1. The number of hydrogen-bond donors (Lipinski definition) is 1. The number of carbonyl (C=O) groups is 2. The van der Waals surface area contributed by atoms with Gasteiger partial charge in [-0.15, -0.1) is 0 Å². The van der Waals surface area contributed by atoms with Crippen molar-refractivity contribution >= 4 is 21.6 Å². The van der Waals surface area contributed by atoms with Crippen molar-refractivity contribution in [3.8, 4) is 0 Å². The fraction of sp³-hybridized carbons (Fsp3) is 0.839. The second-order valence-corrected chi connectivity index (χ2v) is 17.4. The van der Waals surface area contributed by atoms with Crippen LogP contribution in [0.1, 0.15) is 99.8 Å². The van der Waals surface area contributed by atoms with E-state index in [0.29, 0.717) is 6.42 Å². The summed E-state index contributed by atoms with van der Waals surface area (Å²) in [5.41, 5.74) is -1.78. The molecule has 0 radical (unpaired) electrons. The number of carbonyl (C=O) groups excluding carboxylic acids is 2. The van der Waals surface area contributed by atoms with Gasteiger partial charge < -0.3 is 4.79 Å². The van der Waals surface area contributed by atoms with Crippen LogP contribution in [0, 0.1) is 57.3 Å². The lowest BCUT2D eigenvalue weighted by atomic mass is 9.32. The van der Waals surface area contributed by atoms with E-state index in [-0.39, 0.29) is 57.2 Å². The number of nitrogens with one attached hydrogen (secondary N) is 1. The molecule has 4 fully saturated rings. The Morgan fingerprint density at radius 1 is 0.921 bits per heavy atom. The van der Waals surface area contributed by atoms with Crippen LogP contribution >= 0.6 is 0 Å². The molecule has 0 saturated heterocycles. The zero-order chi connectivity index (χ0) is 28.3. The lowest BCUT2D eigenvalue weighted by molar-refractivity contribution is -0.214. The predicted octanol–water partition coefficient (Wildman–Crippen LogP) is 5.94. The van der Waals surface area contributed by atoms with E-state index in [1.807, 2.05) is 19.9 Å². The quantitative estimate of drug-likeness (QED) is 0.438. The van der Waals surface area contributed by atoms with Crippen molar-refractivity contribution in [2.75, 3.05) is 6.26 Å². The van der Waals surface area contributed by atoms with Gasteiger partial charge in [0.2, 0.25) is 15.7 Å². The highest BCUT2D eigenvalue weighted by molar-refractivity contribution is 7.88. The first-order valence-corrected chi connectivity index (χ1v) is 16.3. The lowest BCUT2D eigenvalue weighted by Gasteiger charge is -2.72. The zero-order valence-electron chi connectivity index (χ0n) is 24.5. The van der Waals surface area contributed by atoms with Gasteiger partial charge in [-0.3, -0.25) is 4.79 Å². The molecule has 0 aromatic rings. The average Bonchev–Trinajstić information content (AvgIpc) is 2.78. The fourth-order valence-corrected chi connectivity index (χ4v) is 11.9. The highest BCUT2D eigenvalue weighted by Crippen LogP contribution is 2.74. The number of fused-ring (bicyclic) bond motifs is 7. The molecular weight excluding hydrogens is 496 g/mol. The molecular formula is C31H46N2O4S. The molecule has 0 heterocycles. The van der Waals surface area contributed by atoms with Crippen molar-refractivity contribution in [3.05, 3.63) is 23.2 Å². The van der Waals surface area contributed by atoms with Crippen LogP contribution < -0.4 is 4.72 Å². The Balaban J connectivity index is 1.64. The Morgan fingerprint density at radius 2 is 1.55 bits per heavy atom. The van der Waals surface area contributed by atoms with E-state index in [1.54, 1.807) is 0 Å². The van der Waals surface area contributed by atoms with Crippen LogP contribution in [0.5, 0.6) is 0 Å². The molecule has 5 aliphatic rings. The van der Waals surface area contributed by atoms with Crippen molar-refractivity contribution < 1.29 is 18.0 Å². The summed E-state index contributed by atoms with van der Waals surface area (Å²) in [6.45, 7) is 23.1. The summed E-state index contributed by atoms with van der Waals surface area (Å²) in [4.78, 5) is 31.4. The van der Waals surface area contributed by atoms with Crippen LogP contribution in [0.2, 0.25) is 0 Å². The number of nitrogens with zero attached hydrogens (tertiary/aromatic N) is 1. The monoisotopic (exact) mass is 542 g/mol. The number of rotatable bonds is 2. The van der Waals surface area contributed by atoms with Gasteiger partial charge in [-0.2, -0.15) is 0 Å². The largest absolute Gasteiger partial charge is 0.307 e. The molecule has 210 valence electrons. The first-order valence-electron chi connectivity index (χ1n) is 14.4. The van der Waals surface area contributed by atoms with Crippen LogP contribution in [0.25, 0.3) is 4.85 Å². The van der Waals surface area contributed by atoms with Gasteiger partial charge in [0.25, 0.3) is 0 Å². The Kier molecular flexibility index (Phi) is 5.92. The molecule has 5 aliphatic carbocycles. The van der Waals surface area contributed by atoms with Crippen LogP contribution in [0.4, 0.5) is 0 Å². The third kappa shape index (κ3) is 3.61. The number of Topliss-reactive ketones (excluding diaryl/α,β-unsaturated/α-hetero) is 2. The molecule has 0 aromatic heterocycles. The van der Waals surface area contributed by atoms with E-state index < -0.39 is 26.4 Å². The van der Waals surface area contributed by atoms with Crippen molar-refractivity contribution in [3.63, 3.8) is 0 Å². The van der Waals surface area contributed by atoms with Crippen molar-refractivity contribution in [2.24, 2.45) is 50.7 Å². The molecule has 5 rings (SSSR count). The van der Waals surface area contributed by atoms with Gasteiger partial charge in [-0.25, -0.2) is 18.0 Å². The predicted molar refractivity (Wildman–Crippen MR) is 148 cm³/mol. The van der Waals surface area contributed by atoms with E-state index in [9.17, 15) is 18.0 Å². The molecule has 0 bridgehead atoms. The molecule has 1 N–H and O–H groups in total. The van der Waals surface area contributed by atoms with Gasteiger partial charge in [0.1, 0.15) is 5.78 Å². The average molecular weight is 543 g/mol. The standard InChI is InChI=1S/C31H46N2O4S/c1-26(2)12-14-31(33-38(9,36)37)15-13-30(7)24(19(31)17-26)21(34)16-23-28(5)18-20(32-8)25(35)27(3,4)22(28)10-11-29(23,30)6/h18-19,22-24,33H,10-17H2,1-7,9H3/t19-,22-,23+,24-,28-,29+,30+,31-/m0/s1. The van der Waals surface area contributed by atoms with Crippen molar-refractivity contribution in [2.45, 2.75) is 105 Å². The first-order chi connectivity index (χ1) is 17.3. The molecule has 0 amide bonds. The summed E-state index contributed by atoms with van der Waals surface area (Å²) >= 11 is 0. The highest BCUT2D eigenvalue weighted by Gasteiger charge is 2.72. The molecule has 0 aromatic carbocycles. The molecule has 6 nitrogen and oxygen atoms in total. The second kappa shape index (κ2) is 8.03. The number of ketones is 2. The first kappa shape index (κ1) is 28.0. The Labute approximate surface area is 229 Å². The summed E-state index contributed by atoms with van der Waals surface area (Å²) in [6, 6.07) is 0. The van der Waals surface area contributed by atoms with E-state index in [1.165, 1.54) is 6.26 Å². The highest BCUT2D eigenvalue weighted by atomic mass is 32.2. The minimum atomic E-state index is -3.44. The van der Waals surface area contributed by atoms with Gasteiger partial charge >= 0.3 is 0 Å². The van der Waals surface area contributed by atoms with Gasteiger partial charge in [0.15, 0.2) is 5.78 Å². The maximum absolute atomic E-state index is 14.5. The third-order valence-corrected chi connectivity index (χ3v) is 13.6. The molecule has 8 atom stereocenters. The van der Waals surface area contributed by atoms with Crippen LogP contribution in [-0.4, -0.2) is 31.8 Å². The topological polar surface area (TPSA) is 84.7 Å². The molecule has 7 heteroatoms. The Hall–Kier alpha value is -1.52. The zero-order valence-corrected chi connectivity index (χ0v) is 25.3. The summed E-state index contributed by atoms with van der Waals surface area (Å²) in [5.74, 6) is 0.0824. The van der Waals surface area contributed by atoms with E-state index in [4.69, 9.17) is 6.57 Å². The molecule has 0 aliphatic heterocycles. The van der Waals surface area contributed by atoms with Crippen LogP contribution in [0.15, 0.2) is 11.8 Å². The Morgan fingerprint density at radius 3 is 2.16 bits per heavy atom. The lowest BCUT2D eigenvalue weighted by Crippen LogP contribution is -2.72. The van der Waals surface area contributed by atoms with Crippen molar-refractivity contribution in [1.82, 2.24) is 4.72 Å². The SMILES string of the molecule is [C-]#[N+]C1=C[C@]2(C)[C@H]3CC(=O)[C@@H]4[C@@H]5CC(C)(C)CC[C@]5(NS(C)(=O)=O)CC[C@@]4(C)[C@]3(C)CC[C@H]2C(C)(C)C1=O. The van der Waals surface area contributed by atoms with E-state index in [2.05, 4.69) is 44.2 Å². The maximum atomic E-state index is 14.5. The third-order valence-electron chi connectivity index (χ3n) is 12.8.